The van der Waals surface area contributed by atoms with Crippen molar-refractivity contribution in [3.8, 4) is 22.4 Å². The fourth-order valence-electron chi connectivity index (χ4n) is 6.87. The van der Waals surface area contributed by atoms with Crippen molar-refractivity contribution in [1.29, 1.82) is 0 Å². The first kappa shape index (κ1) is 27.9. The summed E-state index contributed by atoms with van der Waals surface area (Å²) in [6.07, 6.45) is 0. The molecule has 47 heavy (non-hydrogen) atoms. The number of thiophene rings is 1. The van der Waals surface area contributed by atoms with Gasteiger partial charge in [0.2, 0.25) is 0 Å². The van der Waals surface area contributed by atoms with E-state index in [9.17, 15) is 4.57 Å². The summed E-state index contributed by atoms with van der Waals surface area (Å²) in [7, 11) is -3.04. The van der Waals surface area contributed by atoms with Gasteiger partial charge in [0.15, 0.2) is 7.14 Å². The number of nitrogens with zero attached hydrogens (tertiary/aromatic N) is 1. The Morgan fingerprint density at radius 1 is 0.447 bits per heavy atom. The highest BCUT2D eigenvalue weighted by Gasteiger charge is 2.29. The molecule has 0 fully saturated rings. The molecule has 0 radical (unpaired) electrons. The molecular weight excluding hydrogens is 610 g/mol. The predicted molar refractivity (Wildman–Crippen MR) is 202 cm³/mol. The summed E-state index contributed by atoms with van der Waals surface area (Å²) in [5.74, 6) is 0. The lowest BCUT2D eigenvalue weighted by molar-refractivity contribution is 0.592. The highest BCUT2D eigenvalue weighted by Crippen LogP contribution is 2.44. The van der Waals surface area contributed by atoms with Crippen LogP contribution in [0, 0.1) is 0 Å². The Bertz CT molecular complexity index is 2600. The largest absolute Gasteiger partial charge is 0.309 e. The lowest BCUT2D eigenvalue weighted by atomic mass is 9.96. The van der Waals surface area contributed by atoms with Gasteiger partial charge in [-0.25, -0.2) is 4.98 Å². The number of aromatic nitrogens is 1. The van der Waals surface area contributed by atoms with Crippen LogP contribution in [0.1, 0.15) is 0 Å². The molecule has 2 nitrogen and oxygen atoms in total. The van der Waals surface area contributed by atoms with E-state index in [0.29, 0.717) is 0 Å². The third-order valence-corrected chi connectivity index (χ3v) is 13.4. The molecule has 2 aromatic heterocycles. The van der Waals surface area contributed by atoms with Crippen molar-refractivity contribution < 1.29 is 4.57 Å². The molecule has 0 aliphatic rings. The molecule has 0 unspecified atom stereocenters. The standard InChI is InChI=1S/C43H28NOPS/c45-46(32-14-3-1-4-15-32,33-16-5-2-6-17-33)34-24-22-29(23-25-34)30-12-11-13-31(28-30)42-38-27-26-36-35-18-8-10-21-40(35)47-43(36)41(38)37-19-7-9-20-39(37)44-42/h1-28H. The molecular formula is C43H28NOPS. The van der Waals surface area contributed by atoms with Crippen molar-refractivity contribution in [2.24, 2.45) is 0 Å². The molecule has 9 rings (SSSR count). The summed E-state index contributed by atoms with van der Waals surface area (Å²) in [6, 6.07) is 58.2. The zero-order valence-corrected chi connectivity index (χ0v) is 27.1. The number of hydrogen-bond donors (Lipinski definition) is 0. The number of hydrogen-bond acceptors (Lipinski definition) is 3. The van der Waals surface area contributed by atoms with Gasteiger partial charge >= 0.3 is 0 Å². The number of pyridine rings is 1. The van der Waals surface area contributed by atoms with E-state index in [-0.39, 0.29) is 0 Å². The van der Waals surface area contributed by atoms with E-state index < -0.39 is 7.14 Å². The average molecular weight is 638 g/mol. The maximum Gasteiger partial charge on any atom is 0.171 e. The first-order chi connectivity index (χ1) is 23.2. The molecule has 0 bridgehead atoms. The third-order valence-electron chi connectivity index (χ3n) is 9.15. The molecule has 7 aromatic carbocycles. The van der Waals surface area contributed by atoms with Crippen molar-refractivity contribution in [2.45, 2.75) is 0 Å². The van der Waals surface area contributed by atoms with E-state index in [0.717, 1.165) is 49.2 Å². The second kappa shape index (κ2) is 11.2. The van der Waals surface area contributed by atoms with E-state index in [4.69, 9.17) is 4.98 Å². The summed E-state index contributed by atoms with van der Waals surface area (Å²) in [6.45, 7) is 0. The summed E-state index contributed by atoms with van der Waals surface area (Å²) in [5.41, 5.74) is 5.21. The molecule has 0 aliphatic heterocycles. The topological polar surface area (TPSA) is 30.0 Å². The highest BCUT2D eigenvalue weighted by molar-refractivity contribution is 7.85. The quantitative estimate of drug-likeness (QED) is 0.139. The van der Waals surface area contributed by atoms with E-state index >= 15 is 0 Å². The van der Waals surface area contributed by atoms with E-state index in [1.807, 2.05) is 84.1 Å². The van der Waals surface area contributed by atoms with Crippen LogP contribution in [0.5, 0.6) is 0 Å². The van der Waals surface area contributed by atoms with Crippen LogP contribution in [0.15, 0.2) is 170 Å². The second-order valence-corrected chi connectivity index (χ2v) is 15.7. The van der Waals surface area contributed by atoms with Crippen molar-refractivity contribution in [3.05, 3.63) is 170 Å². The van der Waals surface area contributed by atoms with E-state index in [1.54, 1.807) is 0 Å². The zero-order valence-electron chi connectivity index (χ0n) is 25.4. The van der Waals surface area contributed by atoms with Gasteiger partial charge in [0, 0.05) is 57.8 Å². The Labute approximate surface area is 277 Å². The SMILES string of the molecule is O=P(c1ccccc1)(c1ccccc1)c1ccc(-c2cccc(-c3nc4ccccc4c4c3ccc3c5ccccc5sc34)c2)cc1. The average Bonchev–Trinajstić information content (AvgIpc) is 3.54. The first-order valence-corrected chi connectivity index (χ1v) is 18.3. The van der Waals surface area contributed by atoms with Gasteiger partial charge in [-0.3, -0.25) is 0 Å². The molecule has 4 heteroatoms. The fraction of sp³-hybridized carbons (Fsp3) is 0. The molecule has 0 saturated heterocycles. The molecule has 0 N–H and O–H groups in total. The van der Waals surface area contributed by atoms with Gasteiger partial charge in [0.25, 0.3) is 0 Å². The van der Waals surface area contributed by atoms with Crippen LogP contribution >= 0.6 is 18.5 Å². The van der Waals surface area contributed by atoms with Gasteiger partial charge in [0.05, 0.1) is 11.2 Å². The van der Waals surface area contributed by atoms with Gasteiger partial charge in [-0.1, -0.05) is 152 Å². The summed E-state index contributed by atoms with van der Waals surface area (Å²) in [4.78, 5) is 5.25. The van der Waals surface area contributed by atoms with Crippen molar-refractivity contribution in [2.75, 3.05) is 0 Å². The third kappa shape index (κ3) is 4.54. The molecule has 0 spiro atoms. The molecule has 222 valence electrons. The van der Waals surface area contributed by atoms with Gasteiger partial charge in [-0.05, 0) is 29.3 Å². The zero-order chi connectivity index (χ0) is 31.4. The van der Waals surface area contributed by atoms with Crippen LogP contribution in [-0.4, -0.2) is 4.98 Å². The monoisotopic (exact) mass is 637 g/mol. The van der Waals surface area contributed by atoms with Crippen molar-refractivity contribution in [1.82, 2.24) is 4.98 Å². The minimum Gasteiger partial charge on any atom is -0.309 e. The van der Waals surface area contributed by atoms with Gasteiger partial charge in [0.1, 0.15) is 0 Å². The minimum absolute atomic E-state index is 0.823. The van der Waals surface area contributed by atoms with Crippen LogP contribution < -0.4 is 15.9 Å². The number of fused-ring (bicyclic) bond motifs is 7. The summed E-state index contributed by atoms with van der Waals surface area (Å²) < 4.78 is 17.5. The van der Waals surface area contributed by atoms with E-state index in [2.05, 4.69) is 97.1 Å². The fourth-order valence-corrected chi connectivity index (χ4v) is 10.8. The minimum atomic E-state index is -3.04. The molecule has 2 heterocycles. The van der Waals surface area contributed by atoms with Gasteiger partial charge < -0.3 is 4.57 Å². The molecule has 9 aromatic rings. The molecule has 0 saturated carbocycles. The maximum atomic E-state index is 14.9. The van der Waals surface area contributed by atoms with Crippen LogP contribution in [0.25, 0.3) is 64.2 Å². The Balaban J connectivity index is 1.18. The first-order valence-electron chi connectivity index (χ1n) is 15.7. The lowest BCUT2D eigenvalue weighted by Gasteiger charge is -2.20. The van der Waals surface area contributed by atoms with E-state index in [1.165, 1.54) is 30.9 Å². The maximum absolute atomic E-state index is 14.9. The number of para-hydroxylation sites is 1. The van der Waals surface area contributed by atoms with Crippen LogP contribution in [0.3, 0.4) is 0 Å². The number of rotatable bonds is 5. The van der Waals surface area contributed by atoms with Crippen LogP contribution in [0.2, 0.25) is 0 Å². The van der Waals surface area contributed by atoms with Gasteiger partial charge in [-0.15, -0.1) is 11.3 Å². The highest BCUT2D eigenvalue weighted by atomic mass is 32.1. The van der Waals surface area contributed by atoms with Crippen molar-refractivity contribution in [3.63, 3.8) is 0 Å². The normalized spacial score (nSPS) is 11.9. The van der Waals surface area contributed by atoms with Gasteiger partial charge in [-0.2, -0.15) is 0 Å². The molecule has 0 amide bonds. The van der Waals surface area contributed by atoms with Crippen LogP contribution in [0.4, 0.5) is 0 Å². The predicted octanol–water partition coefficient (Wildman–Crippen LogP) is 10.7. The Hall–Kier alpha value is -5.34. The lowest BCUT2D eigenvalue weighted by Crippen LogP contribution is -2.24. The molecule has 0 atom stereocenters. The Morgan fingerprint density at radius 3 is 1.79 bits per heavy atom. The van der Waals surface area contributed by atoms with Crippen LogP contribution in [-0.2, 0) is 4.57 Å². The summed E-state index contributed by atoms with van der Waals surface area (Å²) >= 11 is 1.86. The Kier molecular flexibility index (Phi) is 6.64. The molecule has 0 aliphatic carbocycles. The smallest absolute Gasteiger partial charge is 0.171 e. The number of benzene rings is 7. The van der Waals surface area contributed by atoms with Crippen molar-refractivity contribution >= 4 is 76.2 Å². The Morgan fingerprint density at radius 2 is 1.04 bits per heavy atom. The summed E-state index contributed by atoms with van der Waals surface area (Å²) in [5, 5.41) is 8.68. The second-order valence-electron chi connectivity index (χ2n) is 11.8.